The average molecular weight is 294 g/mol. The highest BCUT2D eigenvalue weighted by Crippen LogP contribution is 2.32. The maximum atomic E-state index is 12.8. The minimum atomic E-state index is 0.0831. The lowest BCUT2D eigenvalue weighted by Gasteiger charge is -2.15. The number of thiophene rings is 1. The number of hydrogen-bond acceptors (Lipinski definition) is 3. The molecule has 1 amide bonds. The van der Waals surface area contributed by atoms with E-state index in [1.807, 2.05) is 47.4 Å². The first-order chi connectivity index (χ1) is 10.2. The monoisotopic (exact) mass is 294 g/mol. The van der Waals surface area contributed by atoms with Gasteiger partial charge in [-0.2, -0.15) is 0 Å². The smallest absolute Gasteiger partial charge is 0.268 e. The summed E-state index contributed by atoms with van der Waals surface area (Å²) in [5.74, 6) is 0.0831. The number of hydrogen-bond donors (Lipinski definition) is 1. The fraction of sp³-hybridized carbons (Fsp3) is 0.118. The molecule has 4 rings (SSSR count). The molecule has 21 heavy (non-hydrogen) atoms. The minimum Gasteiger partial charge on any atom is -0.399 e. The van der Waals surface area contributed by atoms with Gasteiger partial charge < -0.3 is 10.6 Å². The van der Waals surface area contributed by atoms with E-state index in [2.05, 4.69) is 6.07 Å². The predicted octanol–water partition coefficient (Wildman–Crippen LogP) is 3.69. The summed E-state index contributed by atoms with van der Waals surface area (Å²) in [6, 6.07) is 15.8. The summed E-state index contributed by atoms with van der Waals surface area (Å²) in [4.78, 5) is 15.4. The van der Waals surface area contributed by atoms with Gasteiger partial charge in [0.05, 0.1) is 4.88 Å². The van der Waals surface area contributed by atoms with E-state index in [4.69, 9.17) is 5.73 Å². The molecule has 1 aliphatic rings. The molecule has 3 aromatic rings. The van der Waals surface area contributed by atoms with Gasteiger partial charge in [-0.25, -0.2) is 0 Å². The van der Waals surface area contributed by atoms with Gasteiger partial charge in [-0.3, -0.25) is 4.79 Å². The maximum Gasteiger partial charge on any atom is 0.268 e. The zero-order valence-electron chi connectivity index (χ0n) is 11.4. The van der Waals surface area contributed by atoms with Crippen LogP contribution in [0.2, 0.25) is 0 Å². The Balaban J connectivity index is 1.74. The number of carbonyl (C=O) groups excluding carboxylic acids is 1. The molecule has 0 aliphatic carbocycles. The highest BCUT2D eigenvalue weighted by molar-refractivity contribution is 7.20. The number of para-hydroxylation sites is 1. The first kappa shape index (κ1) is 12.4. The Morgan fingerprint density at radius 2 is 2.00 bits per heavy atom. The predicted molar refractivity (Wildman–Crippen MR) is 88.1 cm³/mol. The van der Waals surface area contributed by atoms with Crippen LogP contribution in [0.5, 0.6) is 0 Å². The highest BCUT2D eigenvalue weighted by atomic mass is 32.1. The Labute approximate surface area is 126 Å². The number of carbonyl (C=O) groups is 1. The van der Waals surface area contributed by atoms with E-state index in [1.165, 1.54) is 16.9 Å². The Morgan fingerprint density at radius 1 is 1.14 bits per heavy atom. The summed E-state index contributed by atoms with van der Waals surface area (Å²) in [6.07, 6.45) is 0.930. The number of anilines is 2. The van der Waals surface area contributed by atoms with Gasteiger partial charge in [-0.1, -0.05) is 18.2 Å². The maximum absolute atomic E-state index is 12.8. The third kappa shape index (κ3) is 1.99. The van der Waals surface area contributed by atoms with Crippen LogP contribution < -0.4 is 10.6 Å². The molecule has 0 bridgehead atoms. The van der Waals surface area contributed by atoms with Crippen molar-refractivity contribution in [3.05, 3.63) is 59.0 Å². The summed E-state index contributed by atoms with van der Waals surface area (Å²) in [6.45, 7) is 0.758. The van der Waals surface area contributed by atoms with Gasteiger partial charge in [0.1, 0.15) is 0 Å². The average Bonchev–Trinajstić information content (AvgIpc) is 3.09. The van der Waals surface area contributed by atoms with E-state index in [0.717, 1.165) is 39.3 Å². The Kier molecular flexibility index (Phi) is 2.72. The molecule has 0 unspecified atom stereocenters. The fourth-order valence-corrected chi connectivity index (χ4v) is 3.84. The van der Waals surface area contributed by atoms with Gasteiger partial charge in [0.25, 0.3) is 5.91 Å². The molecule has 1 aliphatic heterocycles. The van der Waals surface area contributed by atoms with Gasteiger partial charge in [0, 0.05) is 22.6 Å². The number of fused-ring (bicyclic) bond motifs is 2. The van der Waals surface area contributed by atoms with Crippen LogP contribution in [0.3, 0.4) is 0 Å². The van der Waals surface area contributed by atoms with Gasteiger partial charge in [0.2, 0.25) is 0 Å². The van der Waals surface area contributed by atoms with E-state index >= 15 is 0 Å². The number of nitrogens with two attached hydrogens (primary N) is 1. The molecular formula is C17H14N2OS. The van der Waals surface area contributed by atoms with Crippen LogP contribution in [0, 0.1) is 0 Å². The van der Waals surface area contributed by atoms with Gasteiger partial charge >= 0.3 is 0 Å². The topological polar surface area (TPSA) is 46.3 Å². The van der Waals surface area contributed by atoms with Crippen LogP contribution in [-0.2, 0) is 6.42 Å². The van der Waals surface area contributed by atoms with Crippen LogP contribution in [0.1, 0.15) is 15.2 Å². The zero-order chi connectivity index (χ0) is 14.4. The molecule has 2 aromatic carbocycles. The SMILES string of the molecule is Nc1ccc2sc(C(=O)N3CCc4ccccc43)cc2c1. The molecule has 0 spiro atoms. The molecule has 104 valence electrons. The highest BCUT2D eigenvalue weighted by Gasteiger charge is 2.26. The first-order valence-electron chi connectivity index (χ1n) is 6.91. The lowest BCUT2D eigenvalue weighted by Crippen LogP contribution is -2.28. The largest absolute Gasteiger partial charge is 0.399 e. The lowest BCUT2D eigenvalue weighted by atomic mass is 10.2. The molecule has 0 atom stereocenters. The summed E-state index contributed by atoms with van der Waals surface area (Å²) in [5, 5.41) is 1.04. The van der Waals surface area contributed by atoms with Crippen molar-refractivity contribution in [2.45, 2.75) is 6.42 Å². The molecule has 2 N–H and O–H groups in total. The number of amides is 1. The van der Waals surface area contributed by atoms with Crippen molar-refractivity contribution in [1.82, 2.24) is 0 Å². The number of benzene rings is 2. The van der Waals surface area contributed by atoms with Crippen molar-refractivity contribution >= 4 is 38.7 Å². The van der Waals surface area contributed by atoms with Gasteiger partial charge in [0.15, 0.2) is 0 Å². The third-order valence-electron chi connectivity index (χ3n) is 3.88. The van der Waals surface area contributed by atoms with E-state index in [-0.39, 0.29) is 5.91 Å². The van der Waals surface area contributed by atoms with Crippen molar-refractivity contribution in [3.63, 3.8) is 0 Å². The summed E-state index contributed by atoms with van der Waals surface area (Å²) in [7, 11) is 0. The van der Waals surface area contributed by atoms with Crippen LogP contribution in [-0.4, -0.2) is 12.5 Å². The van der Waals surface area contributed by atoms with Crippen molar-refractivity contribution in [3.8, 4) is 0 Å². The Morgan fingerprint density at radius 3 is 2.90 bits per heavy atom. The molecule has 0 radical (unpaired) electrons. The van der Waals surface area contributed by atoms with Crippen LogP contribution in [0.25, 0.3) is 10.1 Å². The van der Waals surface area contributed by atoms with Crippen LogP contribution in [0.4, 0.5) is 11.4 Å². The fourth-order valence-electron chi connectivity index (χ4n) is 2.85. The molecule has 0 fully saturated rings. The minimum absolute atomic E-state index is 0.0831. The van der Waals surface area contributed by atoms with Crippen molar-refractivity contribution in [2.75, 3.05) is 17.2 Å². The van der Waals surface area contributed by atoms with Crippen LogP contribution in [0.15, 0.2) is 48.5 Å². The van der Waals surface area contributed by atoms with E-state index in [1.54, 1.807) is 0 Å². The summed E-state index contributed by atoms with van der Waals surface area (Å²) >= 11 is 1.53. The van der Waals surface area contributed by atoms with E-state index in [9.17, 15) is 4.79 Å². The van der Waals surface area contributed by atoms with Crippen molar-refractivity contribution in [1.29, 1.82) is 0 Å². The van der Waals surface area contributed by atoms with Crippen molar-refractivity contribution in [2.24, 2.45) is 0 Å². The van der Waals surface area contributed by atoms with Gasteiger partial charge in [-0.15, -0.1) is 11.3 Å². The number of nitrogens with zero attached hydrogens (tertiary/aromatic N) is 1. The molecule has 0 saturated heterocycles. The van der Waals surface area contributed by atoms with Gasteiger partial charge in [-0.05, 0) is 47.7 Å². The standard InChI is InChI=1S/C17H14N2OS/c18-13-5-6-15-12(9-13)10-16(21-15)17(20)19-8-7-11-3-1-2-4-14(11)19/h1-6,9-10H,7-8,18H2. The van der Waals surface area contributed by atoms with Crippen LogP contribution >= 0.6 is 11.3 Å². The number of nitrogen functional groups attached to an aromatic ring is 1. The second-order valence-corrected chi connectivity index (χ2v) is 6.33. The third-order valence-corrected chi connectivity index (χ3v) is 4.99. The second kappa shape index (κ2) is 4.60. The van der Waals surface area contributed by atoms with Crippen molar-refractivity contribution < 1.29 is 4.79 Å². The summed E-state index contributed by atoms with van der Waals surface area (Å²) in [5.41, 5.74) is 8.82. The first-order valence-corrected chi connectivity index (χ1v) is 7.73. The van der Waals surface area contributed by atoms with E-state index < -0.39 is 0 Å². The Hall–Kier alpha value is -2.33. The van der Waals surface area contributed by atoms with E-state index in [0.29, 0.717) is 0 Å². The molecule has 2 heterocycles. The Bertz CT molecular complexity index is 853. The normalized spacial score (nSPS) is 13.6. The lowest BCUT2D eigenvalue weighted by molar-refractivity contribution is 0.0993. The molecule has 4 heteroatoms. The second-order valence-electron chi connectivity index (χ2n) is 5.24. The quantitative estimate of drug-likeness (QED) is 0.696. The summed E-state index contributed by atoms with van der Waals surface area (Å²) < 4.78 is 1.10. The number of rotatable bonds is 1. The molecule has 3 nitrogen and oxygen atoms in total. The molecule has 0 saturated carbocycles. The molecule has 1 aromatic heterocycles. The zero-order valence-corrected chi connectivity index (χ0v) is 12.2. The molecular weight excluding hydrogens is 280 g/mol.